The largest absolute Gasteiger partial charge is 0.614 e. The van der Waals surface area contributed by atoms with E-state index in [-0.39, 0.29) is 10.2 Å². The molecule has 7 nitrogen and oxygen atoms in total. The van der Waals surface area contributed by atoms with Crippen LogP contribution in [0.5, 0.6) is 0 Å². The first-order chi connectivity index (χ1) is 19.3. The highest BCUT2D eigenvalue weighted by atomic mass is 32.2. The fraction of sp³-hybridized carbons (Fsp3) is 0.129. The summed E-state index contributed by atoms with van der Waals surface area (Å²) in [6.07, 6.45) is 0. The van der Waals surface area contributed by atoms with E-state index in [1.807, 2.05) is 97.9 Å². The van der Waals surface area contributed by atoms with Crippen LogP contribution in [0.25, 0.3) is 0 Å². The summed E-state index contributed by atoms with van der Waals surface area (Å²) in [6, 6.07) is 32.3. The Morgan fingerprint density at radius 3 is 1.52 bits per heavy atom. The molecule has 1 atom stereocenters. The maximum Gasteiger partial charge on any atom is 0.332 e. The standard InChI is InChI=1S/C31H30NO6PS/c1-23-19-21-27(22-20-23)40(35,36)32-28(30(33)37-2)29(31(34)38-3)39(24-13-7-4-8-14-24,25-15-9-5-10-16-25)26-17-11-6-12-18-26/h4-22,28,32H,1-3H3/b31-29+. The predicted octanol–water partition coefficient (Wildman–Crippen LogP) is 2.98. The molecule has 0 fully saturated rings. The third kappa shape index (κ3) is 5.65. The van der Waals surface area contributed by atoms with Crippen LogP contribution in [0, 0.1) is 6.92 Å². The molecule has 0 aliphatic heterocycles. The predicted molar refractivity (Wildman–Crippen MR) is 156 cm³/mol. The van der Waals surface area contributed by atoms with Crippen LogP contribution in [-0.2, 0) is 24.3 Å². The van der Waals surface area contributed by atoms with Crippen molar-refractivity contribution in [2.24, 2.45) is 0 Å². The number of nitrogens with one attached hydrogen (secondary N) is 1. The highest BCUT2D eigenvalue weighted by molar-refractivity contribution is 7.99. The molecule has 0 radical (unpaired) electrons. The fourth-order valence-electron chi connectivity index (χ4n) is 4.65. The SMILES string of the molecule is COC(=O)C(NS(=O)(=O)c1ccc(C)cc1)/C(=C(/[O-])OC)[P+](c1ccccc1)(c1ccccc1)c1ccccc1. The van der Waals surface area contributed by atoms with Crippen molar-refractivity contribution >= 4 is 39.2 Å². The number of rotatable bonds is 10. The second-order valence-electron chi connectivity index (χ2n) is 8.94. The maximum absolute atomic E-state index is 13.9. The zero-order valence-electron chi connectivity index (χ0n) is 22.4. The molecule has 4 aromatic carbocycles. The number of hydrogen-bond donors (Lipinski definition) is 1. The number of benzene rings is 4. The summed E-state index contributed by atoms with van der Waals surface area (Å²) in [6.45, 7) is 1.84. The van der Waals surface area contributed by atoms with Crippen molar-refractivity contribution in [3.63, 3.8) is 0 Å². The van der Waals surface area contributed by atoms with Crippen LogP contribution in [0.3, 0.4) is 0 Å². The Hall–Kier alpha value is -3.97. The Kier molecular flexibility index (Phi) is 9.05. The van der Waals surface area contributed by atoms with Crippen LogP contribution in [0.1, 0.15) is 5.56 Å². The van der Waals surface area contributed by atoms with Crippen molar-refractivity contribution in [3.05, 3.63) is 132 Å². The van der Waals surface area contributed by atoms with Gasteiger partial charge in [-0.3, -0.25) is 0 Å². The molecule has 0 bridgehead atoms. The van der Waals surface area contributed by atoms with Gasteiger partial charge in [0.25, 0.3) is 0 Å². The molecule has 0 aliphatic carbocycles. The lowest BCUT2D eigenvalue weighted by atomic mass is 10.2. The monoisotopic (exact) mass is 575 g/mol. The molecule has 206 valence electrons. The number of aryl methyl sites for hydroxylation is 1. The minimum Gasteiger partial charge on any atom is -0.614 e. The van der Waals surface area contributed by atoms with E-state index < -0.39 is 35.2 Å². The van der Waals surface area contributed by atoms with E-state index in [4.69, 9.17) is 9.47 Å². The van der Waals surface area contributed by atoms with Crippen molar-refractivity contribution in [1.29, 1.82) is 0 Å². The summed E-state index contributed by atoms with van der Waals surface area (Å²) in [7, 11) is -5.16. The quantitative estimate of drug-likeness (QED) is 0.177. The molecule has 0 saturated carbocycles. The van der Waals surface area contributed by atoms with Gasteiger partial charge in [-0.05, 0) is 62.6 Å². The van der Waals surface area contributed by atoms with Crippen molar-refractivity contribution in [2.45, 2.75) is 17.9 Å². The Balaban J connectivity index is 2.10. The van der Waals surface area contributed by atoms with E-state index in [0.29, 0.717) is 0 Å². The Labute approximate surface area is 235 Å². The van der Waals surface area contributed by atoms with E-state index in [9.17, 15) is 18.3 Å². The van der Waals surface area contributed by atoms with Crippen molar-refractivity contribution in [2.75, 3.05) is 14.2 Å². The molecule has 1 unspecified atom stereocenters. The number of hydrogen-bond acceptors (Lipinski definition) is 6. The van der Waals surface area contributed by atoms with Crippen molar-refractivity contribution < 1.29 is 27.8 Å². The lowest BCUT2D eigenvalue weighted by Crippen LogP contribution is -2.48. The van der Waals surface area contributed by atoms with E-state index in [0.717, 1.165) is 28.6 Å². The molecule has 0 amide bonds. The number of carbonyl (C=O) groups is 1. The first-order valence-corrected chi connectivity index (χ1v) is 15.7. The molecule has 0 aliphatic rings. The molecule has 4 aromatic rings. The molecule has 40 heavy (non-hydrogen) atoms. The van der Waals surface area contributed by atoms with E-state index in [1.54, 1.807) is 12.1 Å². The normalized spacial score (nSPS) is 13.2. The van der Waals surface area contributed by atoms with Gasteiger partial charge in [0.1, 0.15) is 28.5 Å². The van der Waals surface area contributed by atoms with Crippen molar-refractivity contribution in [1.82, 2.24) is 4.72 Å². The molecule has 0 heterocycles. The summed E-state index contributed by atoms with van der Waals surface area (Å²) in [5.74, 6) is -1.77. The minimum atomic E-state index is -4.29. The van der Waals surface area contributed by atoms with Gasteiger partial charge in [-0.1, -0.05) is 72.3 Å². The van der Waals surface area contributed by atoms with Gasteiger partial charge in [0.05, 0.1) is 18.0 Å². The van der Waals surface area contributed by atoms with Gasteiger partial charge in [-0.25, -0.2) is 13.2 Å². The second kappa shape index (κ2) is 12.5. The average Bonchev–Trinajstić information content (AvgIpc) is 2.99. The van der Waals surface area contributed by atoms with Crippen LogP contribution in [0.2, 0.25) is 0 Å². The smallest absolute Gasteiger partial charge is 0.332 e. The lowest BCUT2D eigenvalue weighted by molar-refractivity contribution is -0.354. The van der Waals surface area contributed by atoms with E-state index in [2.05, 4.69) is 4.72 Å². The molecule has 9 heteroatoms. The lowest BCUT2D eigenvalue weighted by Gasteiger charge is -2.34. The highest BCUT2D eigenvalue weighted by Gasteiger charge is 2.55. The number of esters is 1. The first-order valence-electron chi connectivity index (χ1n) is 12.4. The summed E-state index contributed by atoms with van der Waals surface area (Å²) in [5, 5.41) is 16.1. The Morgan fingerprint density at radius 2 is 1.15 bits per heavy atom. The van der Waals surface area contributed by atoms with Gasteiger partial charge in [0.2, 0.25) is 10.0 Å². The Morgan fingerprint density at radius 1 is 0.725 bits per heavy atom. The van der Waals surface area contributed by atoms with Crippen LogP contribution >= 0.6 is 7.26 Å². The van der Waals surface area contributed by atoms with E-state index >= 15 is 0 Å². The second-order valence-corrected chi connectivity index (χ2v) is 14.0. The molecule has 4 rings (SSSR count). The van der Waals surface area contributed by atoms with Crippen LogP contribution in [0.15, 0.2) is 131 Å². The van der Waals surface area contributed by atoms with Gasteiger partial charge in [0, 0.05) is 0 Å². The van der Waals surface area contributed by atoms with Crippen molar-refractivity contribution in [3.8, 4) is 0 Å². The topological polar surface area (TPSA) is 105 Å². The highest BCUT2D eigenvalue weighted by Crippen LogP contribution is 2.64. The zero-order chi connectivity index (χ0) is 28.8. The molecule has 0 aromatic heterocycles. The van der Waals surface area contributed by atoms with Crippen LogP contribution in [-0.4, -0.2) is 34.6 Å². The third-order valence-corrected chi connectivity index (χ3v) is 12.3. The van der Waals surface area contributed by atoms with Crippen LogP contribution < -0.4 is 25.7 Å². The van der Waals surface area contributed by atoms with Crippen LogP contribution in [0.4, 0.5) is 0 Å². The van der Waals surface area contributed by atoms with Gasteiger partial charge in [0.15, 0.2) is 6.04 Å². The fourth-order valence-corrected chi connectivity index (χ4v) is 10.4. The summed E-state index contributed by atoms with van der Waals surface area (Å²) < 4.78 is 40.2. The molecule has 1 N–H and O–H groups in total. The van der Waals surface area contributed by atoms with Gasteiger partial charge >= 0.3 is 5.97 Å². The Bertz CT molecular complexity index is 1480. The zero-order valence-corrected chi connectivity index (χ0v) is 24.1. The first kappa shape index (κ1) is 29.0. The molecular formula is C31H30NO6PS. The summed E-state index contributed by atoms with van der Waals surface area (Å²) in [5.41, 5.74) is 0.868. The molecular weight excluding hydrogens is 545 g/mol. The maximum atomic E-state index is 13.9. The summed E-state index contributed by atoms with van der Waals surface area (Å²) >= 11 is 0. The third-order valence-electron chi connectivity index (χ3n) is 6.50. The van der Waals surface area contributed by atoms with Gasteiger partial charge < -0.3 is 14.6 Å². The molecule has 0 spiro atoms. The minimum absolute atomic E-state index is 0.0545. The van der Waals surface area contributed by atoms with Gasteiger partial charge in [-0.2, -0.15) is 4.72 Å². The average molecular weight is 576 g/mol. The molecule has 0 saturated heterocycles. The summed E-state index contributed by atoms with van der Waals surface area (Å²) in [4.78, 5) is 13.5. The number of methoxy groups -OCH3 is 2. The van der Waals surface area contributed by atoms with Gasteiger partial charge in [-0.15, -0.1) is 0 Å². The number of sulfonamides is 1. The number of carbonyl (C=O) groups excluding carboxylic acids is 1. The number of ether oxygens (including phenoxy) is 2. The van der Waals surface area contributed by atoms with E-state index in [1.165, 1.54) is 19.2 Å².